The molecule has 4 rings (SSSR count). The second-order valence-electron chi connectivity index (χ2n) is 12.1. The van der Waals surface area contributed by atoms with E-state index in [1.807, 2.05) is 33.8 Å². The predicted molar refractivity (Wildman–Crippen MR) is 167 cm³/mol. The van der Waals surface area contributed by atoms with Crippen LogP contribution in [-0.2, 0) is 9.84 Å². The molecule has 0 unspecified atom stereocenters. The van der Waals surface area contributed by atoms with Crippen molar-refractivity contribution in [2.75, 3.05) is 30.9 Å². The number of hydrogen-bond acceptors (Lipinski definition) is 8. The van der Waals surface area contributed by atoms with Gasteiger partial charge in [-0.25, -0.2) is 18.4 Å². The van der Waals surface area contributed by atoms with Gasteiger partial charge >= 0.3 is 0 Å². The zero-order chi connectivity index (χ0) is 30.1. The lowest BCUT2D eigenvalue weighted by Crippen LogP contribution is -2.59. The molecule has 2 aliphatic rings. The highest BCUT2D eigenvalue weighted by atomic mass is 35.5. The monoisotopic (exact) mass is 602 g/mol. The van der Waals surface area contributed by atoms with E-state index < -0.39 is 15.9 Å². The van der Waals surface area contributed by atoms with E-state index in [9.17, 15) is 13.5 Å². The third-order valence-electron chi connectivity index (χ3n) is 8.43. The van der Waals surface area contributed by atoms with E-state index in [-0.39, 0.29) is 17.3 Å². The molecule has 1 saturated heterocycles. The molecule has 1 aliphatic carbocycles. The number of benzene rings is 1. The second-order valence-corrected chi connectivity index (χ2v) is 14.9. The van der Waals surface area contributed by atoms with Gasteiger partial charge in [-0.05, 0) is 78.0 Å². The van der Waals surface area contributed by atoms with Crippen molar-refractivity contribution in [3.05, 3.63) is 40.1 Å². The highest BCUT2D eigenvalue weighted by Crippen LogP contribution is 2.47. The number of sulfone groups is 1. The maximum absolute atomic E-state index is 12.1. The Bertz CT molecular complexity index is 1440. The summed E-state index contributed by atoms with van der Waals surface area (Å²) in [5, 5.41) is 18.9. The normalized spacial score (nSPS) is 17.7. The molecule has 2 heterocycles. The Hall–Kier alpha value is -2.49. The topological polar surface area (TPSA) is 116 Å². The molecule has 1 aromatic heterocycles. The molecule has 0 bridgehead atoms. The first-order valence-corrected chi connectivity index (χ1v) is 16.7. The summed E-state index contributed by atoms with van der Waals surface area (Å²) in [6.07, 6.45) is 5.52. The average Bonchev–Trinajstić information content (AvgIpc) is 2.87. The first kappa shape index (κ1) is 31.4. The second kappa shape index (κ2) is 12.4. The van der Waals surface area contributed by atoms with Crippen LogP contribution in [0.3, 0.4) is 0 Å². The summed E-state index contributed by atoms with van der Waals surface area (Å²) >= 11 is 6.68. The molecule has 1 aromatic carbocycles. The Morgan fingerprint density at radius 3 is 2.44 bits per heavy atom. The van der Waals surface area contributed by atoms with Crippen LogP contribution in [0.5, 0.6) is 5.75 Å². The van der Waals surface area contributed by atoms with Crippen molar-refractivity contribution < 1.29 is 18.3 Å². The van der Waals surface area contributed by atoms with Crippen molar-refractivity contribution >= 4 is 38.5 Å². The van der Waals surface area contributed by atoms with Gasteiger partial charge in [0.05, 0.1) is 22.1 Å². The first-order valence-electron chi connectivity index (χ1n) is 14.4. The van der Waals surface area contributed by atoms with Crippen molar-refractivity contribution in [1.29, 1.82) is 5.41 Å². The first-order chi connectivity index (χ1) is 19.2. The molecule has 0 radical (unpaired) electrons. The van der Waals surface area contributed by atoms with Gasteiger partial charge in [0, 0.05) is 47.2 Å². The third-order valence-corrected chi connectivity index (χ3v) is 10.4. The fourth-order valence-corrected chi connectivity index (χ4v) is 7.50. The van der Waals surface area contributed by atoms with Gasteiger partial charge in [0.1, 0.15) is 28.0 Å². The van der Waals surface area contributed by atoms with Gasteiger partial charge in [-0.3, -0.25) is 0 Å². The van der Waals surface area contributed by atoms with Crippen molar-refractivity contribution in [3.8, 4) is 17.1 Å². The van der Waals surface area contributed by atoms with E-state index in [1.165, 1.54) is 6.26 Å². The van der Waals surface area contributed by atoms with Crippen LogP contribution in [0.25, 0.3) is 17.0 Å². The Morgan fingerprint density at radius 1 is 1.22 bits per heavy atom. The van der Waals surface area contributed by atoms with E-state index in [0.29, 0.717) is 52.8 Å². The Labute approximate surface area is 249 Å². The Balaban J connectivity index is 1.70. The highest BCUT2D eigenvalue weighted by Gasteiger charge is 2.47. The van der Waals surface area contributed by atoms with Crippen LogP contribution in [0.15, 0.2) is 23.8 Å². The highest BCUT2D eigenvalue weighted by molar-refractivity contribution is 7.91. The van der Waals surface area contributed by atoms with E-state index in [0.717, 1.165) is 54.9 Å². The molecule has 1 saturated carbocycles. The number of ether oxygens (including phenoxy) is 1. The van der Waals surface area contributed by atoms with E-state index in [4.69, 9.17) is 31.7 Å². The van der Waals surface area contributed by atoms with Gasteiger partial charge < -0.3 is 20.2 Å². The standard InChI is InChI=1S/C31H43ClN4O4S/c1-7-8-22(37)16-40-23-9-10-26(32)25(15-23)29-34-28(27(19(2)3)21(5)33)20(4)30(35-29)36-17-31(18-36)13-11-24(12-14-31)41(6,38)39/h9-10,15,22,24,33,37H,7-8,11-14,16-18H2,1-6H3/t22-/m1/s1. The van der Waals surface area contributed by atoms with Gasteiger partial charge in [-0.2, -0.15) is 0 Å². The van der Waals surface area contributed by atoms with Crippen LogP contribution in [-0.4, -0.2) is 66.5 Å². The summed E-state index contributed by atoms with van der Waals surface area (Å²) in [6, 6.07) is 5.34. The zero-order valence-electron chi connectivity index (χ0n) is 25.1. The molecule has 224 valence electrons. The molecule has 1 spiro atoms. The average molecular weight is 603 g/mol. The lowest BCUT2D eigenvalue weighted by molar-refractivity contribution is 0.0994. The SMILES string of the molecule is CCC[C@@H](O)COc1ccc(Cl)c(-c2nc(C(C(C)=N)=C(C)C)c(C)c(N3CC4(CCC(S(C)(=O)=O)CC4)C3)n2)c1. The number of hydrogen-bond donors (Lipinski definition) is 2. The molecule has 2 N–H and O–H groups in total. The van der Waals surface area contributed by atoms with E-state index >= 15 is 0 Å². The van der Waals surface area contributed by atoms with E-state index in [2.05, 4.69) is 4.90 Å². The van der Waals surface area contributed by atoms with Crippen LogP contribution in [0, 0.1) is 17.7 Å². The number of anilines is 1. The third kappa shape index (κ3) is 6.95. The lowest BCUT2D eigenvalue weighted by atomic mass is 9.68. The van der Waals surface area contributed by atoms with Crippen LogP contribution in [0.1, 0.15) is 77.5 Å². The summed E-state index contributed by atoms with van der Waals surface area (Å²) in [6.45, 7) is 11.6. The minimum atomic E-state index is -3.02. The van der Waals surface area contributed by atoms with Gasteiger partial charge in [0.15, 0.2) is 5.82 Å². The minimum absolute atomic E-state index is 0.0977. The van der Waals surface area contributed by atoms with Crippen molar-refractivity contribution in [2.24, 2.45) is 5.41 Å². The molecule has 2 aromatic rings. The fourth-order valence-electron chi connectivity index (χ4n) is 6.20. The van der Waals surface area contributed by atoms with Gasteiger partial charge in [-0.1, -0.05) is 30.5 Å². The van der Waals surface area contributed by atoms with Gasteiger partial charge in [0.2, 0.25) is 0 Å². The Morgan fingerprint density at radius 2 is 1.88 bits per heavy atom. The van der Waals surface area contributed by atoms with Crippen molar-refractivity contribution in [3.63, 3.8) is 0 Å². The van der Waals surface area contributed by atoms with Crippen LogP contribution in [0.4, 0.5) is 5.82 Å². The molecule has 41 heavy (non-hydrogen) atoms. The number of aliphatic hydroxyl groups is 1. The molecule has 2 fully saturated rings. The number of nitrogens with one attached hydrogen (secondary N) is 1. The fraction of sp³-hybridized carbons (Fsp3) is 0.581. The molecule has 1 aliphatic heterocycles. The molecule has 10 heteroatoms. The molecular weight excluding hydrogens is 560 g/mol. The van der Waals surface area contributed by atoms with Crippen LogP contribution >= 0.6 is 11.6 Å². The van der Waals surface area contributed by atoms with Crippen molar-refractivity contribution in [2.45, 2.75) is 84.5 Å². The maximum atomic E-state index is 12.1. The Kier molecular flexibility index (Phi) is 9.51. The van der Waals surface area contributed by atoms with Crippen LogP contribution in [0.2, 0.25) is 5.02 Å². The summed E-state index contributed by atoms with van der Waals surface area (Å²) in [5.74, 6) is 1.83. The predicted octanol–water partition coefficient (Wildman–Crippen LogP) is 6.27. The number of nitrogens with zero attached hydrogens (tertiary/aromatic N) is 3. The molecular formula is C31H43ClN4O4S. The molecule has 0 amide bonds. The zero-order valence-corrected chi connectivity index (χ0v) is 26.6. The number of aromatic nitrogens is 2. The van der Waals surface area contributed by atoms with Gasteiger partial charge in [0.25, 0.3) is 0 Å². The van der Waals surface area contributed by atoms with Crippen molar-refractivity contribution in [1.82, 2.24) is 9.97 Å². The summed E-state index contributed by atoms with van der Waals surface area (Å²) < 4.78 is 30.1. The maximum Gasteiger partial charge on any atom is 0.163 e. The number of halogens is 1. The lowest BCUT2D eigenvalue weighted by Gasteiger charge is -2.54. The summed E-state index contributed by atoms with van der Waals surface area (Å²) in [7, 11) is -3.02. The molecule has 8 nitrogen and oxygen atoms in total. The van der Waals surface area contributed by atoms with E-state index in [1.54, 1.807) is 19.1 Å². The quantitative estimate of drug-likeness (QED) is 0.308. The number of rotatable bonds is 10. The largest absolute Gasteiger partial charge is 0.491 e. The minimum Gasteiger partial charge on any atom is -0.491 e. The summed E-state index contributed by atoms with van der Waals surface area (Å²) in [5.41, 5.74) is 4.53. The summed E-state index contributed by atoms with van der Waals surface area (Å²) in [4.78, 5) is 12.2. The smallest absolute Gasteiger partial charge is 0.163 e. The van der Waals surface area contributed by atoms with Crippen LogP contribution < -0.4 is 9.64 Å². The van der Waals surface area contributed by atoms with Gasteiger partial charge in [-0.15, -0.1) is 0 Å². The molecule has 1 atom stereocenters. The number of aliphatic hydroxyl groups excluding tert-OH is 1. The number of allylic oxidation sites excluding steroid dienone is 2.